The van der Waals surface area contributed by atoms with Crippen LogP contribution in [0.15, 0.2) is 297 Å². The van der Waals surface area contributed by atoms with Crippen molar-refractivity contribution in [2.24, 2.45) is 0 Å². The second-order valence-corrected chi connectivity index (χ2v) is 20.9. The van der Waals surface area contributed by atoms with Gasteiger partial charge in [-0.15, -0.1) is 0 Å². The van der Waals surface area contributed by atoms with Crippen molar-refractivity contribution in [3.05, 3.63) is 297 Å². The lowest BCUT2D eigenvalue weighted by Crippen LogP contribution is -2.03. The molecule has 0 fully saturated rings. The molecule has 0 spiro atoms. The van der Waals surface area contributed by atoms with E-state index in [0.29, 0.717) is 5.82 Å². The van der Waals surface area contributed by atoms with E-state index in [1.54, 1.807) is 0 Å². The molecule has 5 heteroatoms. The molecule has 5 nitrogen and oxygen atoms in total. The molecule has 4 aromatic heterocycles. The minimum atomic E-state index is 0.668. The first kappa shape index (κ1) is 46.2. The molecule has 0 atom stereocenters. The summed E-state index contributed by atoms with van der Waals surface area (Å²) in [5.74, 6) is 0.668. The van der Waals surface area contributed by atoms with Crippen molar-refractivity contribution in [3.8, 4) is 84.3 Å². The van der Waals surface area contributed by atoms with Crippen LogP contribution in [0.4, 0.5) is 0 Å². The summed E-state index contributed by atoms with van der Waals surface area (Å²) in [7, 11) is 0. The van der Waals surface area contributed by atoms with Gasteiger partial charge in [-0.25, -0.2) is 9.97 Å². The van der Waals surface area contributed by atoms with Gasteiger partial charge in [0.25, 0.3) is 0 Å². The monoisotopic (exact) mass is 1030 g/mol. The summed E-state index contributed by atoms with van der Waals surface area (Å²) in [4.78, 5) is 10.7. The lowest BCUT2D eigenvalue weighted by molar-refractivity contribution is 1.16. The fourth-order valence-electron chi connectivity index (χ4n) is 12.5. The number of benzene rings is 12. The largest absolute Gasteiger partial charge is 0.309 e. The van der Waals surface area contributed by atoms with Crippen LogP contribution in [0.5, 0.6) is 0 Å². The topological polar surface area (TPSA) is 40.6 Å². The van der Waals surface area contributed by atoms with Crippen LogP contribution in [0.1, 0.15) is 0 Å². The number of hydrogen-bond donors (Lipinski definition) is 0. The average molecular weight is 1030 g/mol. The Labute approximate surface area is 468 Å². The highest BCUT2D eigenvalue weighted by Crippen LogP contribution is 2.46. The molecule has 0 N–H and O–H groups in total. The van der Waals surface area contributed by atoms with Gasteiger partial charge < -0.3 is 13.7 Å². The summed E-state index contributed by atoms with van der Waals surface area (Å²) in [5.41, 5.74) is 21.5. The Morgan fingerprint density at radius 3 is 1.01 bits per heavy atom. The third-order valence-electron chi connectivity index (χ3n) is 16.3. The summed E-state index contributed by atoms with van der Waals surface area (Å²) < 4.78 is 7.30. The molecule has 0 aliphatic rings. The summed E-state index contributed by atoms with van der Waals surface area (Å²) >= 11 is 0. The molecule has 12 aromatic carbocycles. The maximum atomic E-state index is 5.49. The van der Waals surface area contributed by atoms with Gasteiger partial charge in [0.1, 0.15) is 0 Å². The molecule has 0 radical (unpaired) electrons. The first-order valence-electron chi connectivity index (χ1n) is 27.6. The Hall–Kier alpha value is -10.9. The lowest BCUT2D eigenvalue weighted by atomic mass is 9.91. The van der Waals surface area contributed by atoms with Crippen LogP contribution in [-0.4, -0.2) is 23.7 Å². The molecular formula is C76H49N5. The van der Waals surface area contributed by atoms with Crippen LogP contribution in [0.25, 0.3) is 150 Å². The van der Waals surface area contributed by atoms with Crippen molar-refractivity contribution in [1.82, 2.24) is 23.7 Å². The second kappa shape index (κ2) is 18.9. The minimum absolute atomic E-state index is 0.668. The Bertz CT molecular complexity index is 4730. The zero-order valence-electron chi connectivity index (χ0n) is 44.0. The van der Waals surface area contributed by atoms with E-state index in [4.69, 9.17) is 9.97 Å². The molecule has 0 aliphatic carbocycles. The Morgan fingerprint density at radius 2 is 0.556 bits per heavy atom. The number of para-hydroxylation sites is 5. The van der Waals surface area contributed by atoms with Crippen LogP contribution in [0.2, 0.25) is 0 Å². The number of fused-ring (bicyclic) bond motifs is 9. The summed E-state index contributed by atoms with van der Waals surface area (Å²) in [6.07, 6.45) is 0. The molecule has 0 amide bonds. The van der Waals surface area contributed by atoms with E-state index in [1.165, 1.54) is 65.5 Å². The van der Waals surface area contributed by atoms with Crippen LogP contribution in [0, 0.1) is 0 Å². The van der Waals surface area contributed by atoms with E-state index in [9.17, 15) is 0 Å². The smallest absolute Gasteiger partial charge is 0.160 e. The van der Waals surface area contributed by atoms with Gasteiger partial charge in [0, 0.05) is 71.5 Å². The molecule has 16 rings (SSSR count). The van der Waals surface area contributed by atoms with E-state index in [-0.39, 0.29) is 0 Å². The molecular weight excluding hydrogens is 983 g/mol. The third kappa shape index (κ3) is 7.70. The van der Waals surface area contributed by atoms with Crippen molar-refractivity contribution >= 4 is 65.4 Å². The van der Waals surface area contributed by atoms with Crippen molar-refractivity contribution in [3.63, 3.8) is 0 Å². The Balaban J connectivity index is 0.993. The molecule has 0 aliphatic heterocycles. The van der Waals surface area contributed by atoms with Crippen LogP contribution >= 0.6 is 0 Å². The number of rotatable bonds is 9. The first-order chi connectivity index (χ1) is 40.2. The highest BCUT2D eigenvalue weighted by Gasteiger charge is 2.24. The number of nitrogens with zero attached hydrogens (tertiary/aromatic N) is 5. The zero-order valence-corrected chi connectivity index (χ0v) is 44.0. The van der Waals surface area contributed by atoms with Gasteiger partial charge in [-0.3, -0.25) is 0 Å². The van der Waals surface area contributed by atoms with Crippen molar-refractivity contribution in [2.75, 3.05) is 0 Å². The fourth-order valence-corrected chi connectivity index (χ4v) is 12.5. The standard InChI is InChI=1S/C76H49N5/c1-4-20-50(21-5-1)55-40-45-74-66(46-55)63-30-14-19-35-73(63)81(74)75-64(51-36-41-57(42-37-51)79-69-31-15-10-26-59(69)60-27-11-16-32-70(60)79)47-56(68-49-67(53-22-6-2-7-23-53)77-76(78-68)54-24-8-3-9-25-54)48-65(75)52-38-43-58(44-39-52)80-71-33-17-12-28-61(71)62-29-13-18-34-72(62)80/h1-49H. The van der Waals surface area contributed by atoms with E-state index in [1.807, 2.05) is 6.07 Å². The van der Waals surface area contributed by atoms with E-state index >= 15 is 0 Å². The summed E-state index contributed by atoms with van der Waals surface area (Å²) in [5, 5.41) is 7.31. The van der Waals surface area contributed by atoms with Crippen LogP contribution < -0.4 is 0 Å². The quantitative estimate of drug-likeness (QED) is 0.145. The van der Waals surface area contributed by atoms with Gasteiger partial charge in [0.15, 0.2) is 5.82 Å². The zero-order chi connectivity index (χ0) is 53.4. The highest BCUT2D eigenvalue weighted by atomic mass is 15.0. The summed E-state index contributed by atoms with van der Waals surface area (Å²) in [6, 6.07) is 107. The van der Waals surface area contributed by atoms with E-state index in [0.717, 1.165) is 78.4 Å². The lowest BCUT2D eigenvalue weighted by Gasteiger charge is -2.22. The number of hydrogen-bond acceptors (Lipinski definition) is 2. The third-order valence-corrected chi connectivity index (χ3v) is 16.3. The predicted octanol–water partition coefficient (Wildman–Crippen LogP) is 19.8. The van der Waals surface area contributed by atoms with Crippen molar-refractivity contribution < 1.29 is 0 Å². The van der Waals surface area contributed by atoms with Gasteiger partial charge in [0.2, 0.25) is 0 Å². The second-order valence-electron chi connectivity index (χ2n) is 20.9. The maximum absolute atomic E-state index is 5.49. The molecule has 16 aromatic rings. The minimum Gasteiger partial charge on any atom is -0.309 e. The normalized spacial score (nSPS) is 11.7. The van der Waals surface area contributed by atoms with E-state index in [2.05, 4.69) is 305 Å². The Kier molecular flexibility index (Phi) is 10.8. The Morgan fingerprint density at radius 1 is 0.210 bits per heavy atom. The SMILES string of the molecule is c1ccc(-c2ccc3c(c2)c2ccccc2n3-c2c(-c3ccc(-n4c5ccccc5c5ccccc54)cc3)cc(-c3cc(-c4ccccc4)nc(-c4ccccc4)n3)cc2-c2ccc(-n3c4ccccc4c4ccccc43)cc2)cc1. The predicted molar refractivity (Wildman–Crippen MR) is 338 cm³/mol. The molecule has 4 heterocycles. The van der Waals surface area contributed by atoms with Gasteiger partial charge in [-0.2, -0.15) is 0 Å². The first-order valence-corrected chi connectivity index (χ1v) is 27.6. The highest BCUT2D eigenvalue weighted by molar-refractivity contribution is 6.13. The molecule has 0 saturated heterocycles. The average Bonchev–Trinajstić information content (AvgIpc) is 4.42. The number of aromatic nitrogens is 5. The molecule has 0 bridgehead atoms. The molecule has 0 saturated carbocycles. The maximum Gasteiger partial charge on any atom is 0.160 e. The van der Waals surface area contributed by atoms with Gasteiger partial charge in [0.05, 0.1) is 50.2 Å². The molecule has 81 heavy (non-hydrogen) atoms. The van der Waals surface area contributed by atoms with Gasteiger partial charge in [-0.1, -0.05) is 212 Å². The molecule has 378 valence electrons. The summed E-state index contributed by atoms with van der Waals surface area (Å²) in [6.45, 7) is 0. The van der Waals surface area contributed by atoms with Gasteiger partial charge in [-0.05, 0) is 107 Å². The molecule has 0 unspecified atom stereocenters. The fraction of sp³-hybridized carbons (Fsp3) is 0. The van der Waals surface area contributed by atoms with Crippen molar-refractivity contribution in [1.29, 1.82) is 0 Å². The van der Waals surface area contributed by atoms with Crippen LogP contribution in [-0.2, 0) is 0 Å². The van der Waals surface area contributed by atoms with E-state index < -0.39 is 0 Å². The van der Waals surface area contributed by atoms with Gasteiger partial charge >= 0.3 is 0 Å². The van der Waals surface area contributed by atoms with Crippen molar-refractivity contribution in [2.45, 2.75) is 0 Å². The van der Waals surface area contributed by atoms with Crippen LogP contribution in [0.3, 0.4) is 0 Å².